The summed E-state index contributed by atoms with van der Waals surface area (Å²) < 4.78 is 0. The van der Waals surface area contributed by atoms with Crippen LogP contribution in [-0.4, -0.2) is 31.1 Å². The van der Waals surface area contributed by atoms with Gasteiger partial charge in [-0.05, 0) is 67.9 Å². The van der Waals surface area contributed by atoms with Gasteiger partial charge in [0, 0.05) is 23.8 Å². The van der Waals surface area contributed by atoms with Crippen molar-refractivity contribution in [3.8, 4) is 10.4 Å². The molecule has 0 aliphatic heterocycles. The number of aliphatic hydroxyl groups is 1. The second-order valence-corrected chi connectivity index (χ2v) is 10.4. The lowest BCUT2D eigenvalue weighted by atomic mass is 9.63. The summed E-state index contributed by atoms with van der Waals surface area (Å²) in [7, 11) is 0. The molecule has 0 saturated heterocycles. The fourth-order valence-electron chi connectivity index (χ4n) is 4.64. The third-order valence-electron chi connectivity index (χ3n) is 6.15. The van der Waals surface area contributed by atoms with Gasteiger partial charge in [0.1, 0.15) is 10.6 Å². The molecular weight excluding hydrogens is 424 g/mol. The van der Waals surface area contributed by atoms with Crippen molar-refractivity contribution in [1.82, 2.24) is 15.0 Å². The Morgan fingerprint density at radius 2 is 2.00 bits per heavy atom. The first kappa shape index (κ1) is 22.4. The Bertz CT molecular complexity index is 1160. The summed E-state index contributed by atoms with van der Waals surface area (Å²) in [6.45, 7) is 7.77. The number of anilines is 2. The predicted octanol–water partition coefficient (Wildman–Crippen LogP) is 5.06. The number of aryl methyl sites for hydroxylation is 2. The summed E-state index contributed by atoms with van der Waals surface area (Å²) in [5.74, 6) is -0.719. The van der Waals surface area contributed by atoms with Crippen molar-refractivity contribution in [1.29, 1.82) is 0 Å². The first-order valence-electron chi connectivity index (χ1n) is 10.7. The van der Waals surface area contributed by atoms with Crippen molar-refractivity contribution in [3.63, 3.8) is 0 Å². The molecule has 2 aromatic heterocycles. The summed E-state index contributed by atoms with van der Waals surface area (Å²) in [6.07, 6.45) is 4.71. The highest BCUT2D eigenvalue weighted by atomic mass is 32.1. The van der Waals surface area contributed by atoms with Crippen molar-refractivity contribution in [2.24, 2.45) is 11.3 Å². The second-order valence-electron chi connectivity index (χ2n) is 9.39. The molecule has 0 bridgehead atoms. The molecule has 1 aromatic carbocycles. The molecule has 1 aliphatic rings. The van der Waals surface area contributed by atoms with Gasteiger partial charge >= 0.3 is 5.97 Å². The number of carboxylic acid groups (broad SMARTS) is 1. The molecule has 3 aromatic rings. The van der Waals surface area contributed by atoms with Crippen LogP contribution in [0.1, 0.15) is 49.4 Å². The van der Waals surface area contributed by atoms with Gasteiger partial charge in [-0.15, -0.1) is 11.3 Å². The zero-order chi connectivity index (χ0) is 23.1. The number of hydrogen-bond donors (Lipinski definition) is 3. The standard InChI is InChI=1S/C24H28N4O3S/c1-14-9-16(11-17(10-14)28-22-25-8-6-15(2)27-22)19-12-26-21(32-19)24(31)7-5-18(20(29)30)23(3,4)13-24/h6,8-12,18,31H,5,7,13H2,1-4H3,(H,29,30)(H,25,27,28). The summed E-state index contributed by atoms with van der Waals surface area (Å²) in [5, 5.41) is 24.8. The van der Waals surface area contributed by atoms with Crippen LogP contribution in [0, 0.1) is 25.2 Å². The van der Waals surface area contributed by atoms with E-state index in [4.69, 9.17) is 0 Å². The maximum absolute atomic E-state index is 11.6. The van der Waals surface area contributed by atoms with Gasteiger partial charge in [0.2, 0.25) is 5.95 Å². The van der Waals surface area contributed by atoms with Gasteiger partial charge in [0.05, 0.1) is 10.8 Å². The summed E-state index contributed by atoms with van der Waals surface area (Å²) >= 11 is 1.46. The highest BCUT2D eigenvalue weighted by Gasteiger charge is 2.49. The van der Waals surface area contributed by atoms with Crippen molar-refractivity contribution in [2.75, 3.05) is 5.32 Å². The van der Waals surface area contributed by atoms with Crippen LogP contribution in [0.4, 0.5) is 11.6 Å². The first-order chi connectivity index (χ1) is 15.1. The number of carboxylic acids is 1. The number of nitrogens with zero attached hydrogens (tertiary/aromatic N) is 3. The normalized spacial score (nSPS) is 22.5. The molecule has 7 nitrogen and oxygen atoms in total. The Morgan fingerprint density at radius 1 is 1.22 bits per heavy atom. The molecular formula is C24H28N4O3S. The molecule has 4 rings (SSSR count). The average Bonchev–Trinajstić information content (AvgIpc) is 3.17. The largest absolute Gasteiger partial charge is 0.481 e. The predicted molar refractivity (Wildman–Crippen MR) is 125 cm³/mol. The third kappa shape index (κ3) is 4.52. The lowest BCUT2D eigenvalue weighted by Crippen LogP contribution is -2.44. The molecule has 8 heteroatoms. The number of rotatable bonds is 5. The Labute approximate surface area is 191 Å². The lowest BCUT2D eigenvalue weighted by molar-refractivity contribution is -0.154. The monoisotopic (exact) mass is 452 g/mol. The van der Waals surface area contributed by atoms with E-state index in [1.165, 1.54) is 11.3 Å². The van der Waals surface area contributed by atoms with Crippen LogP contribution in [0.3, 0.4) is 0 Å². The zero-order valence-electron chi connectivity index (χ0n) is 18.7. The number of thiazole rings is 1. The number of aliphatic carboxylic acids is 1. The van der Waals surface area contributed by atoms with E-state index in [1.54, 1.807) is 12.4 Å². The molecule has 168 valence electrons. The van der Waals surface area contributed by atoms with Gasteiger partial charge in [0.25, 0.3) is 0 Å². The summed E-state index contributed by atoms with van der Waals surface area (Å²) in [5.41, 5.74) is 2.21. The van der Waals surface area contributed by atoms with Crippen LogP contribution in [0.2, 0.25) is 0 Å². The van der Waals surface area contributed by atoms with Gasteiger partial charge < -0.3 is 15.5 Å². The van der Waals surface area contributed by atoms with Gasteiger partial charge in [-0.1, -0.05) is 19.9 Å². The third-order valence-corrected chi connectivity index (χ3v) is 7.39. The van der Waals surface area contributed by atoms with Gasteiger partial charge in [-0.2, -0.15) is 0 Å². The molecule has 2 unspecified atom stereocenters. The number of hydrogen-bond acceptors (Lipinski definition) is 7. The van der Waals surface area contributed by atoms with Crippen LogP contribution in [0.15, 0.2) is 36.7 Å². The van der Waals surface area contributed by atoms with Crippen LogP contribution >= 0.6 is 11.3 Å². The van der Waals surface area contributed by atoms with E-state index in [9.17, 15) is 15.0 Å². The molecule has 2 atom stereocenters. The fourth-order valence-corrected chi connectivity index (χ4v) is 5.66. The molecule has 1 fully saturated rings. The molecule has 2 heterocycles. The molecule has 32 heavy (non-hydrogen) atoms. The Balaban J connectivity index is 1.60. The van der Waals surface area contributed by atoms with E-state index in [0.717, 1.165) is 27.4 Å². The Kier molecular flexibility index (Phi) is 5.77. The topological polar surface area (TPSA) is 108 Å². The van der Waals surface area contributed by atoms with Gasteiger partial charge in [-0.3, -0.25) is 4.79 Å². The Hall–Kier alpha value is -2.84. The SMILES string of the molecule is Cc1cc(Nc2nccc(C)n2)cc(-c2cnc(C3(O)CCC(C(=O)O)C(C)(C)C3)s2)c1. The highest BCUT2D eigenvalue weighted by molar-refractivity contribution is 7.15. The molecule has 3 N–H and O–H groups in total. The van der Waals surface area contributed by atoms with Crippen LogP contribution in [0.5, 0.6) is 0 Å². The summed E-state index contributed by atoms with van der Waals surface area (Å²) in [6, 6.07) is 7.97. The maximum atomic E-state index is 11.6. The number of nitrogens with one attached hydrogen (secondary N) is 1. The van der Waals surface area contributed by atoms with E-state index >= 15 is 0 Å². The molecule has 0 radical (unpaired) electrons. The quantitative estimate of drug-likeness (QED) is 0.496. The average molecular weight is 453 g/mol. The van der Waals surface area contributed by atoms with Crippen molar-refractivity contribution < 1.29 is 15.0 Å². The fraction of sp³-hybridized carbons (Fsp3) is 0.417. The first-order valence-corrected chi connectivity index (χ1v) is 11.5. The van der Waals surface area contributed by atoms with Crippen LogP contribution < -0.4 is 5.32 Å². The minimum absolute atomic E-state index is 0.370. The minimum atomic E-state index is -1.11. The van der Waals surface area contributed by atoms with Gasteiger partial charge in [0.15, 0.2) is 0 Å². The van der Waals surface area contributed by atoms with Crippen molar-refractivity contribution in [2.45, 2.75) is 52.6 Å². The van der Waals surface area contributed by atoms with E-state index in [1.807, 2.05) is 45.9 Å². The summed E-state index contributed by atoms with van der Waals surface area (Å²) in [4.78, 5) is 25.8. The van der Waals surface area contributed by atoms with E-state index in [-0.39, 0.29) is 0 Å². The number of aromatic nitrogens is 3. The van der Waals surface area contributed by atoms with Crippen LogP contribution in [0.25, 0.3) is 10.4 Å². The Morgan fingerprint density at radius 3 is 2.69 bits per heavy atom. The maximum Gasteiger partial charge on any atom is 0.307 e. The van der Waals surface area contributed by atoms with Crippen LogP contribution in [-0.2, 0) is 10.4 Å². The van der Waals surface area contributed by atoms with E-state index in [0.29, 0.717) is 30.2 Å². The zero-order valence-corrected chi connectivity index (χ0v) is 19.5. The molecule has 0 amide bonds. The van der Waals surface area contributed by atoms with Crippen molar-refractivity contribution >= 4 is 28.9 Å². The second kappa shape index (κ2) is 8.26. The lowest BCUT2D eigenvalue weighted by Gasteiger charge is -2.44. The number of benzene rings is 1. The van der Waals surface area contributed by atoms with E-state index in [2.05, 4.69) is 26.3 Å². The molecule has 1 saturated carbocycles. The molecule has 1 aliphatic carbocycles. The number of carbonyl (C=O) groups is 1. The highest BCUT2D eigenvalue weighted by Crippen LogP contribution is 2.50. The molecule has 0 spiro atoms. The minimum Gasteiger partial charge on any atom is -0.481 e. The smallest absolute Gasteiger partial charge is 0.307 e. The van der Waals surface area contributed by atoms with E-state index < -0.39 is 22.9 Å². The van der Waals surface area contributed by atoms with Gasteiger partial charge in [-0.25, -0.2) is 15.0 Å². The van der Waals surface area contributed by atoms with Crippen molar-refractivity contribution in [3.05, 3.63) is 52.9 Å².